The van der Waals surface area contributed by atoms with Gasteiger partial charge in [-0.25, -0.2) is 8.42 Å². The summed E-state index contributed by atoms with van der Waals surface area (Å²) in [5.74, 6) is -0.698. The molecular formula is C26H34ClN3O4S. The molecule has 1 aliphatic rings. The van der Waals surface area contributed by atoms with Gasteiger partial charge in [-0.2, -0.15) is 0 Å². The maximum absolute atomic E-state index is 13.7. The number of halogens is 1. The fourth-order valence-electron chi connectivity index (χ4n) is 4.41. The number of nitrogens with zero attached hydrogens (tertiary/aromatic N) is 2. The molecule has 0 saturated heterocycles. The van der Waals surface area contributed by atoms with Gasteiger partial charge >= 0.3 is 0 Å². The molecule has 1 N–H and O–H groups in total. The number of sulfonamides is 1. The second kappa shape index (κ2) is 11.4. The summed E-state index contributed by atoms with van der Waals surface area (Å²) in [6, 6.07) is 11.9. The van der Waals surface area contributed by atoms with Crippen molar-refractivity contribution >= 4 is 39.1 Å². The van der Waals surface area contributed by atoms with Crippen LogP contribution in [0.3, 0.4) is 0 Å². The fraction of sp³-hybridized carbons (Fsp3) is 0.462. The quantitative estimate of drug-likeness (QED) is 0.538. The van der Waals surface area contributed by atoms with Gasteiger partial charge < -0.3 is 10.2 Å². The standard InChI is InChI=1S/C26H34ClN3O4S/c1-18-10-5-6-11-21(18)16-29(20(3)26(32)28-22-12-7-8-13-22)25(31)17-30(35(4,33)34)24-15-9-14-23(27)19(24)2/h5-6,9-11,14-15,20,22H,7-8,12-13,16-17H2,1-4H3,(H,28,32)/t20-/m0/s1. The molecule has 0 spiro atoms. The Labute approximate surface area is 213 Å². The Morgan fingerprint density at radius 1 is 1.09 bits per heavy atom. The number of anilines is 1. The van der Waals surface area contributed by atoms with E-state index in [1.807, 2.05) is 31.2 Å². The normalized spacial score (nSPS) is 15.0. The van der Waals surface area contributed by atoms with Crippen LogP contribution in [0, 0.1) is 13.8 Å². The van der Waals surface area contributed by atoms with E-state index >= 15 is 0 Å². The summed E-state index contributed by atoms with van der Waals surface area (Å²) in [7, 11) is -3.80. The third-order valence-electron chi connectivity index (χ3n) is 6.66. The largest absolute Gasteiger partial charge is 0.352 e. The summed E-state index contributed by atoms with van der Waals surface area (Å²) >= 11 is 6.24. The minimum Gasteiger partial charge on any atom is -0.352 e. The van der Waals surface area contributed by atoms with Gasteiger partial charge in [0, 0.05) is 17.6 Å². The van der Waals surface area contributed by atoms with Crippen molar-refractivity contribution in [3.63, 3.8) is 0 Å². The van der Waals surface area contributed by atoms with Crippen LogP contribution < -0.4 is 9.62 Å². The van der Waals surface area contributed by atoms with Crippen LogP contribution in [0.5, 0.6) is 0 Å². The molecule has 2 amide bonds. The second-order valence-electron chi connectivity index (χ2n) is 9.27. The molecule has 0 bridgehead atoms. The molecule has 1 atom stereocenters. The predicted octanol–water partition coefficient (Wildman–Crippen LogP) is 4.20. The van der Waals surface area contributed by atoms with Gasteiger partial charge in [0.2, 0.25) is 21.8 Å². The fourth-order valence-corrected chi connectivity index (χ4v) is 5.48. The van der Waals surface area contributed by atoms with Crippen molar-refractivity contribution in [1.82, 2.24) is 10.2 Å². The van der Waals surface area contributed by atoms with Crippen LogP contribution in [0.15, 0.2) is 42.5 Å². The maximum atomic E-state index is 13.7. The van der Waals surface area contributed by atoms with Gasteiger partial charge in [-0.15, -0.1) is 0 Å². The summed E-state index contributed by atoms with van der Waals surface area (Å²) in [6.07, 6.45) is 5.07. The van der Waals surface area contributed by atoms with Gasteiger partial charge in [0.1, 0.15) is 12.6 Å². The number of rotatable bonds is 9. The van der Waals surface area contributed by atoms with E-state index in [0.717, 1.165) is 47.4 Å². The topological polar surface area (TPSA) is 86.8 Å². The molecule has 0 heterocycles. The highest BCUT2D eigenvalue weighted by atomic mass is 35.5. The number of benzene rings is 2. The predicted molar refractivity (Wildman–Crippen MR) is 140 cm³/mol. The van der Waals surface area contributed by atoms with Crippen LogP contribution in [0.2, 0.25) is 5.02 Å². The first kappa shape index (κ1) is 27.0. The van der Waals surface area contributed by atoms with Gasteiger partial charge in [-0.1, -0.05) is 54.8 Å². The van der Waals surface area contributed by atoms with E-state index in [2.05, 4.69) is 5.32 Å². The Morgan fingerprint density at radius 2 is 1.74 bits per heavy atom. The van der Waals surface area contributed by atoms with Crippen molar-refractivity contribution in [2.24, 2.45) is 0 Å². The lowest BCUT2D eigenvalue weighted by molar-refractivity contribution is -0.139. The highest BCUT2D eigenvalue weighted by molar-refractivity contribution is 7.92. The lowest BCUT2D eigenvalue weighted by Gasteiger charge is -2.32. The van der Waals surface area contributed by atoms with Crippen LogP contribution in [0.25, 0.3) is 0 Å². The minimum atomic E-state index is -3.80. The highest BCUT2D eigenvalue weighted by Crippen LogP contribution is 2.28. The molecule has 7 nitrogen and oxygen atoms in total. The first-order valence-corrected chi connectivity index (χ1v) is 14.1. The van der Waals surface area contributed by atoms with Crippen LogP contribution in [0.1, 0.15) is 49.3 Å². The van der Waals surface area contributed by atoms with Crippen molar-refractivity contribution in [3.8, 4) is 0 Å². The van der Waals surface area contributed by atoms with E-state index in [9.17, 15) is 18.0 Å². The summed E-state index contributed by atoms with van der Waals surface area (Å²) in [5, 5.41) is 3.47. The zero-order valence-electron chi connectivity index (χ0n) is 20.8. The first-order chi connectivity index (χ1) is 16.5. The average Bonchev–Trinajstić information content (AvgIpc) is 3.30. The molecule has 9 heteroatoms. The molecule has 0 aromatic heterocycles. The number of carbonyl (C=O) groups excluding carboxylic acids is 2. The number of hydrogen-bond acceptors (Lipinski definition) is 4. The first-order valence-electron chi connectivity index (χ1n) is 11.9. The highest BCUT2D eigenvalue weighted by Gasteiger charge is 2.32. The van der Waals surface area contributed by atoms with Crippen LogP contribution in [-0.2, 0) is 26.2 Å². The van der Waals surface area contributed by atoms with Gasteiger partial charge in [0.15, 0.2) is 0 Å². The number of nitrogens with one attached hydrogen (secondary N) is 1. The van der Waals surface area contributed by atoms with Crippen molar-refractivity contribution in [2.45, 2.75) is 65.1 Å². The van der Waals surface area contributed by atoms with E-state index in [4.69, 9.17) is 11.6 Å². The lowest BCUT2D eigenvalue weighted by Crippen LogP contribution is -2.52. The van der Waals surface area contributed by atoms with Crippen molar-refractivity contribution in [2.75, 3.05) is 17.1 Å². The van der Waals surface area contributed by atoms with Crippen LogP contribution >= 0.6 is 11.6 Å². The molecule has 2 aromatic carbocycles. The van der Waals surface area contributed by atoms with Crippen LogP contribution in [0.4, 0.5) is 5.69 Å². The minimum absolute atomic E-state index is 0.113. The number of carbonyl (C=O) groups is 2. The van der Waals surface area contributed by atoms with Crippen molar-refractivity contribution in [3.05, 3.63) is 64.2 Å². The molecule has 190 valence electrons. The third kappa shape index (κ3) is 6.76. The number of hydrogen-bond donors (Lipinski definition) is 1. The Balaban J connectivity index is 1.92. The summed E-state index contributed by atoms with van der Waals surface area (Å²) < 4.78 is 26.5. The summed E-state index contributed by atoms with van der Waals surface area (Å²) in [6.45, 7) is 5.10. The smallest absolute Gasteiger partial charge is 0.244 e. The van der Waals surface area contributed by atoms with Crippen molar-refractivity contribution in [1.29, 1.82) is 0 Å². The van der Waals surface area contributed by atoms with Gasteiger partial charge in [0.25, 0.3) is 0 Å². The van der Waals surface area contributed by atoms with Crippen molar-refractivity contribution < 1.29 is 18.0 Å². The molecule has 0 radical (unpaired) electrons. The molecule has 3 rings (SSSR count). The molecule has 1 fully saturated rings. The molecular weight excluding hydrogens is 486 g/mol. The van der Waals surface area contributed by atoms with E-state index in [1.54, 1.807) is 32.0 Å². The molecule has 2 aromatic rings. The van der Waals surface area contributed by atoms with E-state index < -0.39 is 28.5 Å². The second-order valence-corrected chi connectivity index (χ2v) is 11.6. The average molecular weight is 520 g/mol. The Kier molecular flexibility index (Phi) is 8.83. The zero-order chi connectivity index (χ0) is 25.8. The Morgan fingerprint density at radius 3 is 2.37 bits per heavy atom. The molecule has 35 heavy (non-hydrogen) atoms. The summed E-state index contributed by atoms with van der Waals surface area (Å²) in [4.78, 5) is 28.3. The van der Waals surface area contributed by atoms with Gasteiger partial charge in [-0.3, -0.25) is 13.9 Å². The van der Waals surface area contributed by atoms with Crippen LogP contribution in [-0.4, -0.2) is 50.0 Å². The zero-order valence-corrected chi connectivity index (χ0v) is 22.3. The maximum Gasteiger partial charge on any atom is 0.244 e. The van der Waals surface area contributed by atoms with E-state index in [0.29, 0.717) is 16.3 Å². The lowest BCUT2D eigenvalue weighted by atomic mass is 10.1. The molecule has 1 aliphatic carbocycles. The van der Waals surface area contributed by atoms with E-state index in [-0.39, 0.29) is 18.5 Å². The molecule has 0 aliphatic heterocycles. The molecule has 0 unspecified atom stereocenters. The Hall–Kier alpha value is -2.58. The summed E-state index contributed by atoms with van der Waals surface area (Å²) in [5.41, 5.74) is 2.78. The molecule has 1 saturated carbocycles. The van der Waals surface area contributed by atoms with Gasteiger partial charge in [0.05, 0.1) is 11.9 Å². The number of amides is 2. The number of aryl methyl sites for hydroxylation is 1. The van der Waals surface area contributed by atoms with Gasteiger partial charge in [-0.05, 0) is 62.4 Å². The third-order valence-corrected chi connectivity index (χ3v) is 8.19. The SMILES string of the molecule is Cc1ccccc1CN(C(=O)CN(c1cccc(Cl)c1C)S(C)(=O)=O)[C@@H](C)C(=O)NC1CCCC1. The monoisotopic (exact) mass is 519 g/mol. The Bertz CT molecular complexity index is 1180. The van der Waals surface area contributed by atoms with E-state index in [1.165, 1.54) is 4.90 Å².